The van der Waals surface area contributed by atoms with E-state index in [4.69, 9.17) is 16.6 Å². The molecule has 27 heavy (non-hydrogen) atoms. The van der Waals surface area contributed by atoms with Gasteiger partial charge < -0.3 is 10.6 Å². The minimum atomic E-state index is 0.435. The van der Waals surface area contributed by atoms with Crippen LogP contribution in [0.3, 0.4) is 0 Å². The molecule has 0 spiro atoms. The summed E-state index contributed by atoms with van der Waals surface area (Å²) in [6.45, 7) is 2.02. The molecule has 0 radical (unpaired) electrons. The van der Waals surface area contributed by atoms with Crippen LogP contribution in [0.15, 0.2) is 48.8 Å². The molecule has 0 aliphatic heterocycles. The molecule has 2 aromatic heterocycles. The molecule has 4 rings (SSSR count). The Morgan fingerprint density at radius 1 is 1.07 bits per heavy atom. The normalized spacial score (nSPS) is 14.3. The molecular formula is C21H22ClN5. The summed E-state index contributed by atoms with van der Waals surface area (Å²) in [6, 6.07) is 12.2. The maximum absolute atomic E-state index is 6.38. The lowest BCUT2D eigenvalue weighted by Gasteiger charge is -2.15. The number of rotatable bonds is 5. The Morgan fingerprint density at radius 3 is 2.67 bits per heavy atom. The summed E-state index contributed by atoms with van der Waals surface area (Å²) >= 11 is 6.38. The van der Waals surface area contributed by atoms with Crippen LogP contribution in [0.4, 0.5) is 17.5 Å². The largest absolute Gasteiger partial charge is 0.351 e. The van der Waals surface area contributed by atoms with E-state index in [9.17, 15) is 0 Å². The summed E-state index contributed by atoms with van der Waals surface area (Å²) in [5.74, 6) is 1.34. The summed E-state index contributed by atoms with van der Waals surface area (Å²) in [5.41, 5.74) is 3.72. The summed E-state index contributed by atoms with van der Waals surface area (Å²) in [7, 11) is 0. The maximum atomic E-state index is 6.38. The third kappa shape index (κ3) is 4.37. The van der Waals surface area contributed by atoms with Crippen molar-refractivity contribution in [1.82, 2.24) is 15.0 Å². The highest BCUT2D eigenvalue weighted by Crippen LogP contribution is 2.29. The lowest BCUT2D eigenvalue weighted by atomic mass is 10.2. The van der Waals surface area contributed by atoms with E-state index in [1.165, 1.54) is 12.8 Å². The van der Waals surface area contributed by atoms with Gasteiger partial charge in [-0.25, -0.2) is 4.98 Å². The van der Waals surface area contributed by atoms with Gasteiger partial charge in [0.15, 0.2) is 0 Å². The minimum Gasteiger partial charge on any atom is -0.351 e. The molecule has 5 nitrogen and oxygen atoms in total. The van der Waals surface area contributed by atoms with E-state index >= 15 is 0 Å². The SMILES string of the molecule is Cc1ccc(Nc2cc(-c3cccnc3)nc(NC3CCCC3)n2)c(Cl)c1. The van der Waals surface area contributed by atoms with Crippen molar-refractivity contribution >= 4 is 29.1 Å². The Balaban J connectivity index is 1.68. The zero-order valence-electron chi connectivity index (χ0n) is 15.2. The summed E-state index contributed by atoms with van der Waals surface area (Å²) in [4.78, 5) is 13.6. The van der Waals surface area contributed by atoms with E-state index in [0.29, 0.717) is 22.8 Å². The fraction of sp³-hybridized carbons (Fsp3) is 0.286. The molecular weight excluding hydrogens is 358 g/mol. The van der Waals surface area contributed by atoms with Crippen molar-refractivity contribution < 1.29 is 0 Å². The number of benzene rings is 1. The van der Waals surface area contributed by atoms with Gasteiger partial charge in [0.2, 0.25) is 5.95 Å². The van der Waals surface area contributed by atoms with Gasteiger partial charge in [0.25, 0.3) is 0 Å². The third-order valence-electron chi connectivity index (χ3n) is 4.76. The molecule has 0 unspecified atom stereocenters. The van der Waals surface area contributed by atoms with Crippen molar-refractivity contribution in [2.75, 3.05) is 10.6 Å². The zero-order chi connectivity index (χ0) is 18.6. The van der Waals surface area contributed by atoms with Gasteiger partial charge in [-0.1, -0.05) is 30.5 Å². The highest BCUT2D eigenvalue weighted by atomic mass is 35.5. The molecule has 1 aliphatic carbocycles. The number of nitrogens with zero attached hydrogens (tertiary/aromatic N) is 3. The van der Waals surface area contributed by atoms with Crippen LogP contribution in [-0.2, 0) is 0 Å². The second-order valence-corrected chi connectivity index (χ2v) is 7.34. The number of anilines is 3. The van der Waals surface area contributed by atoms with Gasteiger partial charge in [-0.15, -0.1) is 0 Å². The van der Waals surface area contributed by atoms with E-state index in [1.54, 1.807) is 6.20 Å². The average molecular weight is 380 g/mol. The van der Waals surface area contributed by atoms with Gasteiger partial charge >= 0.3 is 0 Å². The minimum absolute atomic E-state index is 0.435. The highest BCUT2D eigenvalue weighted by Gasteiger charge is 2.17. The number of nitrogens with one attached hydrogen (secondary N) is 2. The Hall–Kier alpha value is -2.66. The first-order valence-electron chi connectivity index (χ1n) is 9.26. The van der Waals surface area contributed by atoms with Crippen molar-refractivity contribution in [1.29, 1.82) is 0 Å². The molecule has 138 valence electrons. The standard InChI is InChI=1S/C21H22ClN5/c1-14-8-9-18(17(22)11-14)25-20-12-19(15-5-4-10-23-13-15)26-21(27-20)24-16-6-2-3-7-16/h4-5,8-13,16H,2-3,6-7H2,1H3,(H2,24,25,26,27). The Morgan fingerprint density at radius 2 is 1.93 bits per heavy atom. The fourth-order valence-electron chi connectivity index (χ4n) is 3.35. The molecule has 2 heterocycles. The van der Waals surface area contributed by atoms with Gasteiger partial charge in [0.1, 0.15) is 5.82 Å². The Bertz CT molecular complexity index is 923. The quantitative estimate of drug-likeness (QED) is 0.604. The first-order valence-corrected chi connectivity index (χ1v) is 9.64. The van der Waals surface area contributed by atoms with E-state index in [-0.39, 0.29) is 0 Å². The van der Waals surface area contributed by atoms with Crippen molar-refractivity contribution in [3.63, 3.8) is 0 Å². The monoisotopic (exact) mass is 379 g/mol. The average Bonchev–Trinajstić information content (AvgIpc) is 3.18. The number of aryl methyl sites for hydroxylation is 1. The molecule has 3 aromatic rings. The molecule has 0 saturated heterocycles. The third-order valence-corrected chi connectivity index (χ3v) is 5.07. The summed E-state index contributed by atoms with van der Waals surface area (Å²) < 4.78 is 0. The zero-order valence-corrected chi connectivity index (χ0v) is 16.0. The predicted molar refractivity (Wildman–Crippen MR) is 111 cm³/mol. The number of aromatic nitrogens is 3. The first-order chi connectivity index (χ1) is 13.2. The molecule has 1 fully saturated rings. The highest BCUT2D eigenvalue weighted by molar-refractivity contribution is 6.33. The van der Waals surface area contributed by atoms with E-state index in [0.717, 1.165) is 35.3 Å². The van der Waals surface area contributed by atoms with Gasteiger partial charge in [0, 0.05) is 30.1 Å². The second-order valence-electron chi connectivity index (χ2n) is 6.94. The van der Waals surface area contributed by atoms with Crippen LogP contribution >= 0.6 is 11.6 Å². The molecule has 1 saturated carbocycles. The van der Waals surface area contributed by atoms with Gasteiger partial charge in [-0.2, -0.15) is 4.98 Å². The smallest absolute Gasteiger partial charge is 0.225 e. The Labute approximate surface area is 164 Å². The lowest BCUT2D eigenvalue weighted by molar-refractivity contribution is 0.744. The van der Waals surface area contributed by atoms with E-state index in [1.807, 2.05) is 49.5 Å². The molecule has 0 amide bonds. The van der Waals surface area contributed by atoms with E-state index < -0.39 is 0 Å². The van der Waals surface area contributed by atoms with Crippen LogP contribution in [-0.4, -0.2) is 21.0 Å². The first kappa shape index (κ1) is 17.7. The van der Waals surface area contributed by atoms with Crippen LogP contribution in [0.5, 0.6) is 0 Å². The number of hydrogen-bond donors (Lipinski definition) is 2. The van der Waals surface area contributed by atoms with Crippen molar-refractivity contribution in [2.45, 2.75) is 38.6 Å². The van der Waals surface area contributed by atoms with E-state index in [2.05, 4.69) is 20.6 Å². The van der Waals surface area contributed by atoms with Crippen LogP contribution < -0.4 is 10.6 Å². The predicted octanol–water partition coefficient (Wildman–Crippen LogP) is 5.60. The molecule has 0 atom stereocenters. The number of hydrogen-bond acceptors (Lipinski definition) is 5. The molecule has 6 heteroatoms. The van der Waals surface area contributed by atoms with Crippen LogP contribution in [0.1, 0.15) is 31.2 Å². The molecule has 0 bridgehead atoms. The summed E-state index contributed by atoms with van der Waals surface area (Å²) in [5, 5.41) is 7.49. The van der Waals surface area contributed by atoms with Gasteiger partial charge in [0.05, 0.1) is 16.4 Å². The van der Waals surface area contributed by atoms with Crippen LogP contribution in [0.2, 0.25) is 5.02 Å². The Kier molecular flexibility index (Phi) is 5.21. The molecule has 2 N–H and O–H groups in total. The van der Waals surface area contributed by atoms with Crippen molar-refractivity contribution in [3.8, 4) is 11.3 Å². The summed E-state index contributed by atoms with van der Waals surface area (Å²) in [6.07, 6.45) is 8.39. The number of pyridine rings is 1. The van der Waals surface area contributed by atoms with Crippen molar-refractivity contribution in [2.24, 2.45) is 0 Å². The number of halogens is 1. The lowest BCUT2D eigenvalue weighted by Crippen LogP contribution is -2.17. The fourth-order valence-corrected chi connectivity index (χ4v) is 3.63. The maximum Gasteiger partial charge on any atom is 0.225 e. The molecule has 1 aliphatic rings. The van der Waals surface area contributed by atoms with Gasteiger partial charge in [-0.3, -0.25) is 4.98 Å². The second kappa shape index (κ2) is 7.92. The van der Waals surface area contributed by atoms with Crippen LogP contribution in [0.25, 0.3) is 11.3 Å². The van der Waals surface area contributed by atoms with Gasteiger partial charge in [-0.05, 0) is 49.6 Å². The molecule has 1 aromatic carbocycles. The topological polar surface area (TPSA) is 62.7 Å². The van der Waals surface area contributed by atoms with Crippen molar-refractivity contribution in [3.05, 3.63) is 59.4 Å². The van der Waals surface area contributed by atoms with Crippen LogP contribution in [0, 0.1) is 6.92 Å².